The van der Waals surface area contributed by atoms with E-state index in [0.29, 0.717) is 11.1 Å². The molecule has 0 aliphatic carbocycles. The van der Waals surface area contributed by atoms with Gasteiger partial charge in [0.15, 0.2) is 0 Å². The lowest BCUT2D eigenvalue weighted by Gasteiger charge is -2.08. The van der Waals surface area contributed by atoms with Crippen LogP contribution in [0, 0.1) is 0 Å². The van der Waals surface area contributed by atoms with Crippen molar-refractivity contribution in [3.05, 3.63) is 59.7 Å². The highest BCUT2D eigenvalue weighted by Gasteiger charge is 2.09. The topological polar surface area (TPSA) is 58.2 Å². The van der Waals surface area contributed by atoms with E-state index < -0.39 is 0 Å². The Balaban J connectivity index is 1.60. The van der Waals surface area contributed by atoms with Crippen LogP contribution in [0.25, 0.3) is 0 Å². The third kappa shape index (κ3) is 18.8. The molecule has 0 bridgehead atoms. The lowest BCUT2D eigenvalue weighted by molar-refractivity contribution is 0.0944. The number of nitrogens with one attached hydrogen (secondary N) is 2. The first-order valence-corrected chi connectivity index (χ1v) is 19.9. The second-order valence-corrected chi connectivity index (χ2v) is 14.4. The van der Waals surface area contributed by atoms with Crippen molar-refractivity contribution in [3.63, 3.8) is 0 Å². The smallest absolute Gasteiger partial charge is 0.251 e. The molecule has 44 heavy (non-hydrogen) atoms. The SMILES string of the molecule is CCCCCCCCCCCCNC(=O)c1cccc(SSc2cccc(C(=O)NCCCCCCCCCCCC)c2)c1. The van der Waals surface area contributed by atoms with Gasteiger partial charge in [-0.15, -0.1) is 0 Å². The summed E-state index contributed by atoms with van der Waals surface area (Å²) in [5.74, 6) is -0.0103. The van der Waals surface area contributed by atoms with Crippen LogP contribution in [0.2, 0.25) is 0 Å². The summed E-state index contributed by atoms with van der Waals surface area (Å²) in [6.45, 7) is 5.99. The number of hydrogen-bond donors (Lipinski definition) is 2. The number of amides is 2. The normalized spacial score (nSPS) is 11.0. The van der Waals surface area contributed by atoms with Crippen LogP contribution < -0.4 is 10.6 Å². The van der Waals surface area contributed by atoms with Crippen molar-refractivity contribution in [2.24, 2.45) is 0 Å². The van der Waals surface area contributed by atoms with Crippen LogP contribution in [0.1, 0.15) is 163 Å². The van der Waals surface area contributed by atoms with Crippen LogP contribution in [-0.2, 0) is 0 Å². The molecule has 0 unspecified atom stereocenters. The van der Waals surface area contributed by atoms with E-state index in [1.54, 1.807) is 21.6 Å². The third-order valence-corrected chi connectivity index (χ3v) is 10.4. The number of benzene rings is 2. The molecule has 246 valence electrons. The molecular formula is C38H60N2O2S2. The predicted octanol–water partition coefficient (Wildman–Crippen LogP) is 11.8. The summed E-state index contributed by atoms with van der Waals surface area (Å²) in [6.07, 6.45) is 25.9. The van der Waals surface area contributed by atoms with Crippen LogP contribution in [0.4, 0.5) is 0 Å². The summed E-state index contributed by atoms with van der Waals surface area (Å²) in [4.78, 5) is 27.4. The average Bonchev–Trinajstić information content (AvgIpc) is 3.05. The van der Waals surface area contributed by atoms with Gasteiger partial charge in [0.05, 0.1) is 0 Å². The molecule has 0 aliphatic rings. The second kappa shape index (κ2) is 26.3. The van der Waals surface area contributed by atoms with Crippen LogP contribution in [0.5, 0.6) is 0 Å². The van der Waals surface area contributed by atoms with E-state index in [1.165, 1.54) is 116 Å². The molecule has 0 atom stereocenters. The highest BCUT2D eigenvalue weighted by atomic mass is 33.1. The molecule has 0 saturated carbocycles. The van der Waals surface area contributed by atoms with Gasteiger partial charge in [0, 0.05) is 34.0 Å². The van der Waals surface area contributed by atoms with Crippen molar-refractivity contribution in [3.8, 4) is 0 Å². The Morgan fingerprint density at radius 3 is 1.14 bits per heavy atom. The number of carbonyl (C=O) groups excluding carboxylic acids is 2. The van der Waals surface area contributed by atoms with Crippen molar-refractivity contribution >= 4 is 33.4 Å². The van der Waals surface area contributed by atoms with Crippen LogP contribution >= 0.6 is 21.6 Å². The second-order valence-electron chi connectivity index (χ2n) is 12.1. The van der Waals surface area contributed by atoms with Gasteiger partial charge in [0.2, 0.25) is 0 Å². The fourth-order valence-electron chi connectivity index (χ4n) is 5.31. The fraction of sp³-hybridized carbons (Fsp3) is 0.632. The molecule has 0 fully saturated rings. The van der Waals surface area contributed by atoms with Gasteiger partial charge in [-0.05, 0) is 49.2 Å². The largest absolute Gasteiger partial charge is 0.352 e. The predicted molar refractivity (Wildman–Crippen MR) is 193 cm³/mol. The number of hydrogen-bond acceptors (Lipinski definition) is 4. The van der Waals surface area contributed by atoms with E-state index in [4.69, 9.17) is 0 Å². The highest BCUT2D eigenvalue weighted by molar-refractivity contribution is 8.76. The van der Waals surface area contributed by atoms with E-state index in [0.717, 1.165) is 35.7 Å². The summed E-state index contributed by atoms with van der Waals surface area (Å²) in [5.41, 5.74) is 1.39. The lowest BCUT2D eigenvalue weighted by Crippen LogP contribution is -2.24. The zero-order valence-electron chi connectivity index (χ0n) is 27.8. The molecule has 0 heterocycles. The summed E-state index contributed by atoms with van der Waals surface area (Å²) in [5, 5.41) is 6.17. The lowest BCUT2D eigenvalue weighted by atomic mass is 10.1. The Morgan fingerprint density at radius 1 is 0.477 bits per heavy atom. The first kappa shape index (κ1) is 38.3. The number of rotatable bonds is 27. The van der Waals surface area contributed by atoms with Crippen molar-refractivity contribution in [2.75, 3.05) is 13.1 Å². The van der Waals surface area contributed by atoms with Crippen LogP contribution in [0.3, 0.4) is 0 Å². The summed E-state index contributed by atoms with van der Waals surface area (Å²) < 4.78 is 0. The molecule has 2 N–H and O–H groups in total. The van der Waals surface area contributed by atoms with E-state index in [-0.39, 0.29) is 11.8 Å². The van der Waals surface area contributed by atoms with Gasteiger partial charge < -0.3 is 10.6 Å². The van der Waals surface area contributed by atoms with Gasteiger partial charge in [-0.3, -0.25) is 9.59 Å². The monoisotopic (exact) mass is 640 g/mol. The van der Waals surface area contributed by atoms with Crippen molar-refractivity contribution in [2.45, 2.75) is 152 Å². The van der Waals surface area contributed by atoms with Crippen molar-refractivity contribution in [1.82, 2.24) is 10.6 Å². The number of unbranched alkanes of at least 4 members (excludes halogenated alkanes) is 18. The van der Waals surface area contributed by atoms with Gasteiger partial charge in [-0.1, -0.05) is 163 Å². The third-order valence-electron chi connectivity index (χ3n) is 8.06. The van der Waals surface area contributed by atoms with Crippen LogP contribution in [-0.4, -0.2) is 24.9 Å². The zero-order valence-corrected chi connectivity index (χ0v) is 29.4. The quantitative estimate of drug-likeness (QED) is 0.0753. The van der Waals surface area contributed by atoms with Gasteiger partial charge in [0.1, 0.15) is 0 Å². The maximum atomic E-state index is 12.7. The standard InChI is InChI=1S/C38H60N2O2S2/c1-3-5-7-9-11-13-15-17-19-21-29-39-37(41)33-25-23-27-35(31-33)43-44-36-28-24-26-34(32-36)38(42)40-30-22-20-18-16-14-12-10-8-6-4-2/h23-28,31-32H,3-22,29-30H2,1-2H3,(H,39,41)(H,40,42). The minimum Gasteiger partial charge on any atom is -0.352 e. The summed E-state index contributed by atoms with van der Waals surface area (Å²) in [6, 6.07) is 15.6. The molecule has 2 aromatic carbocycles. The molecule has 0 spiro atoms. The Hall–Kier alpha value is -1.92. The van der Waals surface area contributed by atoms with Gasteiger partial charge in [0.25, 0.3) is 11.8 Å². The summed E-state index contributed by atoms with van der Waals surface area (Å²) >= 11 is 0. The highest BCUT2D eigenvalue weighted by Crippen LogP contribution is 2.37. The molecule has 0 aliphatic heterocycles. The molecule has 0 radical (unpaired) electrons. The summed E-state index contributed by atoms with van der Waals surface area (Å²) in [7, 11) is 3.22. The number of carbonyl (C=O) groups is 2. The minimum absolute atomic E-state index is 0.00514. The zero-order chi connectivity index (χ0) is 31.5. The van der Waals surface area contributed by atoms with Gasteiger partial charge in [-0.2, -0.15) is 0 Å². The molecule has 2 aromatic rings. The van der Waals surface area contributed by atoms with E-state index in [1.807, 2.05) is 48.5 Å². The molecule has 2 amide bonds. The molecule has 0 saturated heterocycles. The molecular weight excluding hydrogens is 581 g/mol. The maximum absolute atomic E-state index is 12.7. The van der Waals surface area contributed by atoms with Crippen molar-refractivity contribution in [1.29, 1.82) is 0 Å². The first-order valence-electron chi connectivity index (χ1n) is 17.7. The molecule has 6 heteroatoms. The Kier molecular flexibility index (Phi) is 22.9. The molecule has 0 aromatic heterocycles. The van der Waals surface area contributed by atoms with E-state index >= 15 is 0 Å². The van der Waals surface area contributed by atoms with E-state index in [2.05, 4.69) is 24.5 Å². The van der Waals surface area contributed by atoms with Crippen LogP contribution in [0.15, 0.2) is 58.3 Å². The Bertz CT molecular complexity index is 948. The van der Waals surface area contributed by atoms with Gasteiger partial charge in [-0.25, -0.2) is 0 Å². The van der Waals surface area contributed by atoms with Gasteiger partial charge >= 0.3 is 0 Å². The Labute approximate surface area is 277 Å². The van der Waals surface area contributed by atoms with Crippen molar-refractivity contribution < 1.29 is 9.59 Å². The first-order chi connectivity index (χ1) is 21.6. The maximum Gasteiger partial charge on any atom is 0.251 e. The molecule has 2 rings (SSSR count). The Morgan fingerprint density at radius 2 is 0.795 bits per heavy atom. The fourth-order valence-corrected chi connectivity index (χ4v) is 7.32. The average molecular weight is 641 g/mol. The van der Waals surface area contributed by atoms with E-state index in [9.17, 15) is 9.59 Å². The molecule has 4 nitrogen and oxygen atoms in total. The minimum atomic E-state index is -0.00514.